The summed E-state index contributed by atoms with van der Waals surface area (Å²) in [6.07, 6.45) is 7.54. The van der Waals surface area contributed by atoms with Crippen molar-refractivity contribution in [2.45, 2.75) is 38.7 Å². The first kappa shape index (κ1) is 14.0. The molecule has 1 aliphatic carbocycles. The van der Waals surface area contributed by atoms with E-state index in [0.717, 1.165) is 17.9 Å². The van der Waals surface area contributed by atoms with Gasteiger partial charge in [-0.1, -0.05) is 18.2 Å². The average Bonchev–Trinajstić information content (AvgIpc) is 2.45. The van der Waals surface area contributed by atoms with Crippen molar-refractivity contribution < 1.29 is 9.47 Å². The zero-order valence-corrected chi connectivity index (χ0v) is 13.1. The van der Waals surface area contributed by atoms with Crippen molar-refractivity contribution in [3.05, 3.63) is 65.0 Å². The van der Waals surface area contributed by atoms with Crippen molar-refractivity contribution in [2.75, 3.05) is 7.11 Å². The van der Waals surface area contributed by atoms with Gasteiger partial charge in [0.2, 0.25) is 0 Å². The van der Waals surface area contributed by atoms with Crippen molar-refractivity contribution in [3.63, 3.8) is 0 Å². The Kier molecular flexibility index (Phi) is 3.40. The molecule has 1 aliphatic heterocycles. The largest absolute Gasteiger partial charge is 0.497 e. The second kappa shape index (κ2) is 5.10. The van der Waals surface area contributed by atoms with E-state index >= 15 is 0 Å². The molecular formula is C19H22O2. The molecule has 0 saturated carbocycles. The highest BCUT2D eigenvalue weighted by Crippen LogP contribution is 2.43. The van der Waals surface area contributed by atoms with E-state index in [1.165, 1.54) is 16.7 Å². The molecule has 0 amide bonds. The first-order valence-electron chi connectivity index (χ1n) is 7.44. The van der Waals surface area contributed by atoms with Crippen LogP contribution in [0.3, 0.4) is 0 Å². The summed E-state index contributed by atoms with van der Waals surface area (Å²) in [4.78, 5) is 0. The fraction of sp³-hybridized carbons (Fsp3) is 0.368. The number of methoxy groups -OCH3 is 1. The van der Waals surface area contributed by atoms with Gasteiger partial charge in [0.1, 0.15) is 17.1 Å². The van der Waals surface area contributed by atoms with Crippen LogP contribution < -0.4 is 4.74 Å². The van der Waals surface area contributed by atoms with Crippen molar-refractivity contribution in [1.29, 1.82) is 0 Å². The molecule has 0 spiro atoms. The minimum absolute atomic E-state index is 0.233. The molecular weight excluding hydrogens is 260 g/mol. The van der Waals surface area contributed by atoms with Gasteiger partial charge in [0.25, 0.3) is 0 Å². The normalized spacial score (nSPS) is 23.2. The molecule has 0 bridgehead atoms. The maximum atomic E-state index is 6.14. The number of benzene rings is 1. The van der Waals surface area contributed by atoms with Gasteiger partial charge in [0.05, 0.1) is 7.11 Å². The lowest BCUT2D eigenvalue weighted by Crippen LogP contribution is -2.28. The Labute approximate surface area is 126 Å². The fourth-order valence-electron chi connectivity index (χ4n) is 3.32. The molecule has 3 rings (SSSR count). The summed E-state index contributed by atoms with van der Waals surface area (Å²) in [7, 11) is 1.71. The smallest absolute Gasteiger partial charge is 0.124 e. The maximum Gasteiger partial charge on any atom is 0.124 e. The highest BCUT2D eigenvalue weighted by Gasteiger charge is 2.32. The van der Waals surface area contributed by atoms with E-state index in [9.17, 15) is 0 Å². The molecule has 2 heteroatoms. The molecule has 2 nitrogen and oxygen atoms in total. The molecule has 110 valence electrons. The summed E-state index contributed by atoms with van der Waals surface area (Å²) >= 11 is 0. The monoisotopic (exact) mass is 282 g/mol. The van der Waals surface area contributed by atoms with E-state index in [1.807, 2.05) is 6.07 Å². The third-order valence-corrected chi connectivity index (χ3v) is 4.11. The first-order chi connectivity index (χ1) is 10.00. The van der Waals surface area contributed by atoms with Crippen LogP contribution in [0.4, 0.5) is 0 Å². The lowest BCUT2D eigenvalue weighted by molar-refractivity contribution is 0.0777. The van der Waals surface area contributed by atoms with Crippen LogP contribution in [0, 0.1) is 0 Å². The third kappa shape index (κ3) is 2.63. The molecule has 2 aliphatic rings. The number of rotatable bonds is 2. The molecule has 1 atom stereocenters. The lowest BCUT2D eigenvalue weighted by atomic mass is 9.79. The maximum absolute atomic E-state index is 6.14. The molecule has 1 heterocycles. The fourth-order valence-corrected chi connectivity index (χ4v) is 3.32. The van der Waals surface area contributed by atoms with Crippen LogP contribution in [0.1, 0.15) is 38.7 Å². The molecule has 0 unspecified atom stereocenters. The van der Waals surface area contributed by atoms with E-state index in [2.05, 4.69) is 57.2 Å². The second-order valence-electron chi connectivity index (χ2n) is 6.28. The number of hydrogen-bond acceptors (Lipinski definition) is 2. The molecule has 1 aromatic rings. The van der Waals surface area contributed by atoms with Crippen molar-refractivity contribution in [2.24, 2.45) is 0 Å². The minimum Gasteiger partial charge on any atom is -0.497 e. The molecule has 0 aromatic heterocycles. The predicted molar refractivity (Wildman–Crippen MR) is 85.4 cm³/mol. The van der Waals surface area contributed by atoms with Crippen LogP contribution in [-0.4, -0.2) is 12.7 Å². The number of hydrogen-bond donors (Lipinski definition) is 0. The summed E-state index contributed by atoms with van der Waals surface area (Å²) in [5, 5.41) is 0. The van der Waals surface area contributed by atoms with Crippen molar-refractivity contribution >= 4 is 0 Å². The predicted octanol–water partition coefficient (Wildman–Crippen LogP) is 4.75. The Bertz CT molecular complexity index is 647. The summed E-state index contributed by atoms with van der Waals surface area (Å²) in [5.41, 5.74) is 3.68. The van der Waals surface area contributed by atoms with Crippen LogP contribution >= 0.6 is 0 Å². The van der Waals surface area contributed by atoms with Gasteiger partial charge >= 0.3 is 0 Å². The molecule has 0 N–H and O–H groups in total. The topological polar surface area (TPSA) is 18.5 Å². The summed E-state index contributed by atoms with van der Waals surface area (Å²) in [6.45, 7) is 6.39. The standard InChI is InChI=1S/C19H22O2/c1-13-12-19(2,3)21-17-10-6-9-16(18(13)17)14-7-5-8-15(11-14)20-4/h5-8,10-12,16H,9H2,1-4H3/t16-/m1/s1. The van der Waals surface area contributed by atoms with Crippen molar-refractivity contribution in [3.8, 4) is 5.75 Å². The highest BCUT2D eigenvalue weighted by atomic mass is 16.5. The molecule has 0 saturated heterocycles. The second-order valence-corrected chi connectivity index (χ2v) is 6.28. The summed E-state index contributed by atoms with van der Waals surface area (Å²) < 4.78 is 11.5. The zero-order chi connectivity index (χ0) is 15.0. The average molecular weight is 282 g/mol. The van der Waals surface area contributed by atoms with Gasteiger partial charge in [0.15, 0.2) is 0 Å². The molecule has 1 aromatic carbocycles. The van der Waals surface area contributed by atoms with Gasteiger partial charge < -0.3 is 9.47 Å². The van der Waals surface area contributed by atoms with E-state index < -0.39 is 0 Å². The lowest BCUT2D eigenvalue weighted by Gasteiger charge is -2.36. The van der Waals surface area contributed by atoms with Gasteiger partial charge in [-0.05, 0) is 62.6 Å². The molecule has 0 radical (unpaired) electrons. The summed E-state index contributed by atoms with van der Waals surface area (Å²) in [5.74, 6) is 2.26. The van der Waals surface area contributed by atoms with Crippen molar-refractivity contribution in [1.82, 2.24) is 0 Å². The van der Waals surface area contributed by atoms with Crippen LogP contribution in [0.5, 0.6) is 5.75 Å². The first-order valence-corrected chi connectivity index (χ1v) is 7.44. The van der Waals surface area contributed by atoms with Crippen LogP contribution in [-0.2, 0) is 4.74 Å². The van der Waals surface area contributed by atoms with Gasteiger partial charge in [-0.25, -0.2) is 0 Å². The Hall–Kier alpha value is -1.96. The van der Waals surface area contributed by atoms with Gasteiger partial charge in [-0.15, -0.1) is 0 Å². The zero-order valence-electron chi connectivity index (χ0n) is 13.1. The van der Waals surface area contributed by atoms with Gasteiger partial charge in [-0.2, -0.15) is 0 Å². The Morgan fingerprint density at radius 1 is 1.29 bits per heavy atom. The van der Waals surface area contributed by atoms with Gasteiger partial charge in [0, 0.05) is 11.5 Å². The van der Waals surface area contributed by atoms with E-state index in [-0.39, 0.29) is 5.60 Å². The Morgan fingerprint density at radius 2 is 2.10 bits per heavy atom. The third-order valence-electron chi connectivity index (χ3n) is 4.11. The van der Waals surface area contributed by atoms with Crippen LogP contribution in [0.2, 0.25) is 0 Å². The van der Waals surface area contributed by atoms with Gasteiger partial charge in [-0.3, -0.25) is 0 Å². The minimum atomic E-state index is -0.233. The summed E-state index contributed by atoms with van der Waals surface area (Å²) in [6, 6.07) is 8.34. The molecule has 21 heavy (non-hydrogen) atoms. The molecule has 0 fully saturated rings. The quantitative estimate of drug-likeness (QED) is 0.779. The van der Waals surface area contributed by atoms with E-state index in [0.29, 0.717) is 5.92 Å². The van der Waals surface area contributed by atoms with Crippen LogP contribution in [0.15, 0.2) is 59.4 Å². The Balaban J connectivity index is 2.03. The van der Waals surface area contributed by atoms with Crippen LogP contribution in [0.25, 0.3) is 0 Å². The van der Waals surface area contributed by atoms with E-state index in [4.69, 9.17) is 9.47 Å². The SMILES string of the molecule is COc1cccc([C@H]2CC=CC3=C2C(C)=CC(C)(C)O3)c1. The van der Waals surface area contributed by atoms with E-state index in [1.54, 1.807) is 7.11 Å². The number of ether oxygens (including phenoxy) is 2. The highest BCUT2D eigenvalue weighted by molar-refractivity contribution is 5.51. The number of allylic oxidation sites excluding steroid dienone is 4. The Morgan fingerprint density at radius 3 is 2.86 bits per heavy atom.